The number of hydrogen-bond donors (Lipinski definition) is 2. The van der Waals surface area contributed by atoms with Crippen LogP contribution in [0, 0.1) is 6.92 Å². The first kappa shape index (κ1) is 17.4. The van der Waals surface area contributed by atoms with Gasteiger partial charge in [-0.3, -0.25) is 0 Å². The van der Waals surface area contributed by atoms with E-state index in [1.807, 2.05) is 6.92 Å². The smallest absolute Gasteiger partial charge is 0.339 e. The molecule has 0 saturated carbocycles. The summed E-state index contributed by atoms with van der Waals surface area (Å²) in [5.41, 5.74) is 0.910. The number of carboxylic acids is 1. The summed E-state index contributed by atoms with van der Waals surface area (Å²) >= 11 is 0. The summed E-state index contributed by atoms with van der Waals surface area (Å²) in [6.45, 7) is 4.13. The van der Waals surface area contributed by atoms with E-state index in [0.29, 0.717) is 6.61 Å². The monoisotopic (exact) mass is 298 g/mol. The molecule has 0 spiro atoms. The number of carbonyl (C=O) groups is 1. The first-order valence-corrected chi connectivity index (χ1v) is 6.69. The van der Waals surface area contributed by atoms with Crippen molar-refractivity contribution in [1.29, 1.82) is 0 Å². The molecule has 0 amide bonds. The maximum Gasteiger partial charge on any atom is 0.339 e. The molecule has 1 rings (SSSR count). The Bertz CT molecular complexity index is 459. The third-order valence-electron chi connectivity index (χ3n) is 2.77. The maximum absolute atomic E-state index is 11.1. The Balaban J connectivity index is 2.49. The van der Waals surface area contributed by atoms with E-state index in [4.69, 9.17) is 19.3 Å². The van der Waals surface area contributed by atoms with Gasteiger partial charge in [0.05, 0.1) is 19.3 Å². The summed E-state index contributed by atoms with van der Waals surface area (Å²) in [5, 5.41) is 18.9. The van der Waals surface area contributed by atoms with Crippen molar-refractivity contribution in [2.75, 3.05) is 26.9 Å². The SMILES string of the molecule is COCC(C)OCC(O)COc1ccc(C)cc1C(=O)O. The minimum Gasteiger partial charge on any atom is -0.490 e. The van der Waals surface area contributed by atoms with Crippen molar-refractivity contribution in [3.63, 3.8) is 0 Å². The minimum absolute atomic E-state index is 0.0386. The highest BCUT2D eigenvalue weighted by molar-refractivity contribution is 5.91. The van der Waals surface area contributed by atoms with E-state index in [-0.39, 0.29) is 30.6 Å². The zero-order valence-corrected chi connectivity index (χ0v) is 12.5. The lowest BCUT2D eigenvalue weighted by Gasteiger charge is -2.17. The zero-order chi connectivity index (χ0) is 15.8. The Kier molecular flexibility index (Phi) is 7.14. The summed E-state index contributed by atoms with van der Waals surface area (Å²) < 4.78 is 15.6. The molecule has 0 aromatic heterocycles. The van der Waals surface area contributed by atoms with Gasteiger partial charge in [0.25, 0.3) is 0 Å². The average molecular weight is 298 g/mol. The summed E-state index contributed by atoms with van der Waals surface area (Å²) in [5.74, 6) is -0.828. The second-order valence-corrected chi connectivity index (χ2v) is 4.87. The molecule has 2 unspecified atom stereocenters. The Labute approximate surface area is 124 Å². The minimum atomic E-state index is -1.06. The highest BCUT2D eigenvalue weighted by Gasteiger charge is 2.14. The van der Waals surface area contributed by atoms with Crippen LogP contribution in [0.3, 0.4) is 0 Å². The van der Waals surface area contributed by atoms with Crippen molar-refractivity contribution in [1.82, 2.24) is 0 Å². The van der Waals surface area contributed by atoms with Gasteiger partial charge < -0.3 is 24.4 Å². The van der Waals surface area contributed by atoms with E-state index >= 15 is 0 Å². The number of aliphatic hydroxyl groups is 1. The molecule has 2 atom stereocenters. The average Bonchev–Trinajstić information content (AvgIpc) is 2.44. The molecular weight excluding hydrogens is 276 g/mol. The highest BCUT2D eigenvalue weighted by atomic mass is 16.5. The second-order valence-electron chi connectivity index (χ2n) is 4.87. The predicted molar refractivity (Wildman–Crippen MR) is 76.9 cm³/mol. The molecule has 0 radical (unpaired) electrons. The number of carboxylic acid groups (broad SMARTS) is 1. The highest BCUT2D eigenvalue weighted by Crippen LogP contribution is 2.20. The van der Waals surface area contributed by atoms with Gasteiger partial charge in [0.2, 0.25) is 0 Å². The van der Waals surface area contributed by atoms with E-state index in [9.17, 15) is 9.90 Å². The fourth-order valence-electron chi connectivity index (χ4n) is 1.73. The van der Waals surface area contributed by atoms with Crippen LogP contribution < -0.4 is 4.74 Å². The number of aliphatic hydroxyl groups excluding tert-OH is 1. The molecule has 118 valence electrons. The van der Waals surface area contributed by atoms with Crippen LogP contribution in [-0.2, 0) is 9.47 Å². The van der Waals surface area contributed by atoms with Crippen molar-refractivity contribution in [2.45, 2.75) is 26.1 Å². The van der Waals surface area contributed by atoms with Crippen molar-refractivity contribution in [3.8, 4) is 5.75 Å². The van der Waals surface area contributed by atoms with Crippen molar-refractivity contribution in [3.05, 3.63) is 29.3 Å². The molecule has 2 N–H and O–H groups in total. The van der Waals surface area contributed by atoms with Gasteiger partial charge in [-0.25, -0.2) is 4.79 Å². The van der Waals surface area contributed by atoms with E-state index in [0.717, 1.165) is 5.56 Å². The van der Waals surface area contributed by atoms with Gasteiger partial charge in [-0.05, 0) is 26.0 Å². The summed E-state index contributed by atoms with van der Waals surface area (Å²) in [7, 11) is 1.57. The van der Waals surface area contributed by atoms with Crippen LogP contribution in [0.5, 0.6) is 5.75 Å². The van der Waals surface area contributed by atoms with Crippen LogP contribution in [0.25, 0.3) is 0 Å². The predicted octanol–water partition coefficient (Wildman–Crippen LogP) is 1.48. The molecule has 0 bridgehead atoms. The molecule has 0 heterocycles. The Hall–Kier alpha value is -1.63. The number of aryl methyl sites for hydroxylation is 1. The van der Waals surface area contributed by atoms with Gasteiger partial charge in [0.1, 0.15) is 24.0 Å². The van der Waals surface area contributed by atoms with Gasteiger partial charge in [-0.15, -0.1) is 0 Å². The van der Waals surface area contributed by atoms with Crippen LogP contribution in [0.15, 0.2) is 18.2 Å². The standard InChI is InChI=1S/C15H22O6/c1-10-4-5-14(13(6-10)15(17)18)21-9-12(16)8-20-11(2)7-19-3/h4-6,11-12,16H,7-9H2,1-3H3,(H,17,18). The maximum atomic E-state index is 11.1. The van der Waals surface area contributed by atoms with Crippen molar-refractivity contribution >= 4 is 5.97 Å². The third kappa shape index (κ3) is 6.12. The molecule has 6 nitrogen and oxygen atoms in total. The molecule has 21 heavy (non-hydrogen) atoms. The number of benzene rings is 1. The Morgan fingerprint density at radius 1 is 1.29 bits per heavy atom. The van der Waals surface area contributed by atoms with E-state index in [1.165, 1.54) is 6.07 Å². The number of ether oxygens (including phenoxy) is 3. The van der Waals surface area contributed by atoms with Crippen LogP contribution >= 0.6 is 0 Å². The van der Waals surface area contributed by atoms with Gasteiger partial charge >= 0.3 is 5.97 Å². The lowest BCUT2D eigenvalue weighted by atomic mass is 10.1. The molecule has 1 aromatic carbocycles. The van der Waals surface area contributed by atoms with E-state index < -0.39 is 12.1 Å². The first-order chi connectivity index (χ1) is 9.93. The van der Waals surface area contributed by atoms with Crippen LogP contribution in [0.1, 0.15) is 22.8 Å². The molecule has 1 aromatic rings. The van der Waals surface area contributed by atoms with E-state index in [1.54, 1.807) is 26.2 Å². The quantitative estimate of drug-likeness (QED) is 0.718. The van der Waals surface area contributed by atoms with Gasteiger partial charge in [0.15, 0.2) is 0 Å². The largest absolute Gasteiger partial charge is 0.490 e. The molecule has 0 aliphatic carbocycles. The first-order valence-electron chi connectivity index (χ1n) is 6.69. The third-order valence-corrected chi connectivity index (χ3v) is 2.77. The van der Waals surface area contributed by atoms with Gasteiger partial charge in [-0.2, -0.15) is 0 Å². The second kappa shape index (κ2) is 8.61. The summed E-state index contributed by atoms with van der Waals surface area (Å²) in [6, 6.07) is 4.87. The fraction of sp³-hybridized carbons (Fsp3) is 0.533. The normalized spacial score (nSPS) is 13.7. The zero-order valence-electron chi connectivity index (χ0n) is 12.5. The number of methoxy groups -OCH3 is 1. The molecule has 0 fully saturated rings. The van der Waals surface area contributed by atoms with Gasteiger partial charge in [-0.1, -0.05) is 11.6 Å². The van der Waals surface area contributed by atoms with Crippen LogP contribution in [-0.4, -0.2) is 55.3 Å². The van der Waals surface area contributed by atoms with Crippen LogP contribution in [0.4, 0.5) is 0 Å². The lowest BCUT2D eigenvalue weighted by Crippen LogP contribution is -2.27. The summed E-state index contributed by atoms with van der Waals surface area (Å²) in [6.07, 6.45) is -0.967. The molecule has 0 aliphatic rings. The van der Waals surface area contributed by atoms with Crippen LogP contribution in [0.2, 0.25) is 0 Å². The van der Waals surface area contributed by atoms with Gasteiger partial charge in [0, 0.05) is 7.11 Å². The molecule has 0 saturated heterocycles. The molecule has 0 aliphatic heterocycles. The lowest BCUT2D eigenvalue weighted by molar-refractivity contribution is -0.0423. The molecular formula is C15H22O6. The number of aromatic carboxylic acids is 1. The number of hydrogen-bond acceptors (Lipinski definition) is 5. The fourth-order valence-corrected chi connectivity index (χ4v) is 1.73. The molecule has 6 heteroatoms. The number of rotatable bonds is 9. The van der Waals surface area contributed by atoms with Crippen molar-refractivity contribution < 1.29 is 29.2 Å². The summed E-state index contributed by atoms with van der Waals surface area (Å²) in [4.78, 5) is 11.1. The Morgan fingerprint density at radius 3 is 2.62 bits per heavy atom. The Morgan fingerprint density at radius 2 is 2.00 bits per heavy atom. The van der Waals surface area contributed by atoms with E-state index in [2.05, 4.69) is 0 Å². The topological polar surface area (TPSA) is 85.2 Å². The van der Waals surface area contributed by atoms with Crippen molar-refractivity contribution in [2.24, 2.45) is 0 Å².